The van der Waals surface area contributed by atoms with Gasteiger partial charge in [-0.1, -0.05) is 42.5 Å². The maximum absolute atomic E-state index is 12.5. The van der Waals surface area contributed by atoms with Crippen molar-refractivity contribution in [3.63, 3.8) is 0 Å². The first kappa shape index (κ1) is 28.3. The summed E-state index contributed by atoms with van der Waals surface area (Å²) < 4.78 is 32.5. The molecule has 2 aliphatic rings. The first-order valence-corrected chi connectivity index (χ1v) is 17.3. The van der Waals surface area contributed by atoms with Gasteiger partial charge >= 0.3 is 0 Å². The van der Waals surface area contributed by atoms with Crippen molar-refractivity contribution in [2.24, 2.45) is 5.73 Å². The molecule has 7 nitrogen and oxygen atoms in total. The van der Waals surface area contributed by atoms with Gasteiger partial charge in [0.25, 0.3) is 5.91 Å². The van der Waals surface area contributed by atoms with Crippen LogP contribution >= 0.6 is 23.5 Å². The Morgan fingerprint density at radius 1 is 1.05 bits per heavy atom. The lowest BCUT2D eigenvalue weighted by atomic mass is 9.78. The Hall–Kier alpha value is -2.27. The van der Waals surface area contributed by atoms with Gasteiger partial charge in [-0.3, -0.25) is 9.48 Å². The number of hydrogen-bond acceptors (Lipinski definition) is 7. The Morgan fingerprint density at radius 3 is 2.33 bits per heavy atom. The van der Waals surface area contributed by atoms with Crippen LogP contribution in [0, 0.1) is 0 Å². The van der Waals surface area contributed by atoms with E-state index in [2.05, 4.69) is 12.1 Å². The molecule has 0 bridgehead atoms. The van der Waals surface area contributed by atoms with Gasteiger partial charge in [-0.15, -0.1) is 23.5 Å². The third kappa shape index (κ3) is 6.90. The number of aromatic nitrogens is 2. The second-order valence-corrected chi connectivity index (χ2v) is 15.4. The molecule has 1 amide bonds. The van der Waals surface area contributed by atoms with E-state index < -0.39 is 15.7 Å². The molecule has 2 fully saturated rings. The van der Waals surface area contributed by atoms with Crippen molar-refractivity contribution in [2.75, 3.05) is 17.8 Å². The smallest absolute Gasteiger partial charge is 0.252 e. The van der Waals surface area contributed by atoms with Crippen LogP contribution in [0.3, 0.4) is 0 Å². The quantitative estimate of drug-likeness (QED) is 0.356. The van der Waals surface area contributed by atoms with E-state index in [1.54, 1.807) is 24.3 Å². The van der Waals surface area contributed by atoms with Gasteiger partial charge in [-0.25, -0.2) is 8.42 Å². The van der Waals surface area contributed by atoms with E-state index in [0.717, 1.165) is 49.2 Å². The van der Waals surface area contributed by atoms with Crippen LogP contribution in [0.2, 0.25) is 0 Å². The summed E-state index contributed by atoms with van der Waals surface area (Å²) in [6.45, 7) is 0.614. The van der Waals surface area contributed by atoms with Gasteiger partial charge in [-0.05, 0) is 55.4 Å². The number of benzene rings is 2. The maximum Gasteiger partial charge on any atom is 0.252 e. The van der Waals surface area contributed by atoms with Crippen LogP contribution < -0.4 is 5.73 Å². The summed E-state index contributed by atoms with van der Waals surface area (Å²) in [4.78, 5) is 12.7. The average molecular weight is 586 g/mol. The molecule has 1 saturated heterocycles. The number of carbonyl (C=O) groups is 1. The molecule has 10 heteroatoms. The Labute approximate surface area is 239 Å². The molecule has 0 spiro atoms. The second-order valence-electron chi connectivity index (χ2n) is 10.5. The third-order valence-electron chi connectivity index (χ3n) is 7.69. The van der Waals surface area contributed by atoms with Crippen LogP contribution in [-0.2, 0) is 33.1 Å². The first-order valence-electron chi connectivity index (χ1n) is 13.3. The number of nitrogens with two attached hydrogens (primary N) is 1. The van der Waals surface area contributed by atoms with Gasteiger partial charge in [0, 0.05) is 30.4 Å². The van der Waals surface area contributed by atoms with Crippen LogP contribution in [0.25, 0.3) is 0 Å². The number of primary amides is 1. The van der Waals surface area contributed by atoms with E-state index in [1.165, 1.54) is 11.8 Å². The number of sulfone groups is 1. The van der Waals surface area contributed by atoms with Gasteiger partial charge in [-0.2, -0.15) is 5.10 Å². The van der Waals surface area contributed by atoms with Crippen molar-refractivity contribution in [3.05, 3.63) is 83.2 Å². The minimum atomic E-state index is -3.28. The van der Waals surface area contributed by atoms with Crippen molar-refractivity contribution in [3.8, 4) is 0 Å². The third-order valence-corrected chi connectivity index (χ3v) is 11.9. The Balaban J connectivity index is 1.37. The van der Waals surface area contributed by atoms with Gasteiger partial charge < -0.3 is 10.5 Å². The summed E-state index contributed by atoms with van der Waals surface area (Å²) in [5, 5.41) is 4.99. The lowest BCUT2D eigenvalue weighted by Crippen LogP contribution is -2.41. The summed E-state index contributed by atoms with van der Waals surface area (Å²) in [6, 6.07) is 17.0. The number of amides is 1. The average Bonchev–Trinajstić information content (AvgIpc) is 3.59. The molecular weight excluding hydrogens is 551 g/mol. The lowest BCUT2D eigenvalue weighted by Gasteiger charge is -2.41. The minimum Gasteiger partial charge on any atom is -0.374 e. The molecule has 0 atom stereocenters. The zero-order chi connectivity index (χ0) is 27.5. The topological polar surface area (TPSA) is 104 Å². The Bertz CT molecular complexity index is 1380. The van der Waals surface area contributed by atoms with Crippen LogP contribution in [-0.4, -0.2) is 52.6 Å². The van der Waals surface area contributed by atoms with E-state index in [0.29, 0.717) is 28.9 Å². The largest absolute Gasteiger partial charge is 0.374 e. The molecule has 1 aliphatic carbocycles. The molecule has 2 aromatic carbocycles. The van der Waals surface area contributed by atoms with E-state index in [4.69, 9.17) is 15.6 Å². The number of rotatable bonds is 10. The van der Waals surface area contributed by atoms with Crippen LogP contribution in [0.5, 0.6) is 0 Å². The monoisotopic (exact) mass is 585 g/mol. The summed E-state index contributed by atoms with van der Waals surface area (Å²) >= 11 is 4.02. The van der Waals surface area contributed by atoms with E-state index in [-0.39, 0.29) is 16.5 Å². The molecule has 1 aliphatic heterocycles. The fourth-order valence-corrected chi connectivity index (χ4v) is 9.23. The molecule has 2 N–H and O–H groups in total. The van der Waals surface area contributed by atoms with Crippen molar-refractivity contribution in [1.29, 1.82) is 0 Å². The van der Waals surface area contributed by atoms with E-state index >= 15 is 0 Å². The van der Waals surface area contributed by atoms with Gasteiger partial charge in [0.05, 0.1) is 39.0 Å². The highest BCUT2D eigenvalue weighted by molar-refractivity contribution is 8.20. The molecule has 208 valence electrons. The second kappa shape index (κ2) is 12.1. The highest BCUT2D eigenvalue weighted by Crippen LogP contribution is 2.46. The van der Waals surface area contributed by atoms with Crippen molar-refractivity contribution < 1.29 is 17.9 Å². The summed E-state index contributed by atoms with van der Waals surface area (Å²) in [6.07, 6.45) is 8.33. The number of hydrogen-bond donors (Lipinski definition) is 1. The highest BCUT2D eigenvalue weighted by Gasteiger charge is 2.41. The number of ether oxygens (including phenoxy) is 1. The first-order chi connectivity index (χ1) is 18.7. The fourth-order valence-electron chi connectivity index (χ4n) is 5.48. The molecule has 2 heterocycles. The standard InChI is InChI=1S/C29H35N3O4S3/c1-39(34,35)24-9-7-21(8-10-24)17-26-25(28(30)33)19-32(31-26)29(18-27-37-15-16-38-27)13-11-23(12-14-29)36-20-22-5-3-2-4-6-22/h2-10,19,23,27H,11-18,20H2,1H3,(H2,30,33). The minimum absolute atomic E-state index is 0.196. The highest BCUT2D eigenvalue weighted by atomic mass is 32.2. The zero-order valence-electron chi connectivity index (χ0n) is 22.1. The molecule has 39 heavy (non-hydrogen) atoms. The molecule has 0 unspecified atom stereocenters. The molecule has 1 saturated carbocycles. The lowest BCUT2D eigenvalue weighted by molar-refractivity contribution is -0.0136. The zero-order valence-corrected chi connectivity index (χ0v) is 24.6. The van der Waals surface area contributed by atoms with Crippen LogP contribution in [0.1, 0.15) is 59.3 Å². The fraction of sp³-hybridized carbons (Fsp3) is 0.448. The molecule has 3 aromatic rings. The summed E-state index contributed by atoms with van der Waals surface area (Å²) in [5.41, 5.74) is 8.73. The predicted molar refractivity (Wildman–Crippen MR) is 158 cm³/mol. The van der Waals surface area contributed by atoms with Gasteiger partial charge in [0.15, 0.2) is 9.84 Å². The molecule has 0 radical (unpaired) electrons. The van der Waals surface area contributed by atoms with Gasteiger partial charge in [0.1, 0.15) is 0 Å². The normalized spacial score (nSPS) is 22.2. The maximum atomic E-state index is 12.5. The predicted octanol–water partition coefficient (Wildman–Crippen LogP) is 5.03. The molecular formula is C29H35N3O4S3. The van der Waals surface area contributed by atoms with Crippen molar-refractivity contribution >= 4 is 39.3 Å². The molecule has 1 aromatic heterocycles. The van der Waals surface area contributed by atoms with E-state index in [1.807, 2.05) is 52.6 Å². The Morgan fingerprint density at radius 2 is 1.72 bits per heavy atom. The van der Waals surface area contributed by atoms with E-state index in [9.17, 15) is 13.2 Å². The number of nitrogens with zero attached hydrogens (tertiary/aromatic N) is 2. The SMILES string of the molecule is CS(=O)(=O)c1ccc(Cc2nn(C3(CC4SCCS4)CCC(OCc4ccccc4)CC3)cc2C(N)=O)cc1. The summed E-state index contributed by atoms with van der Waals surface area (Å²) in [7, 11) is -3.28. The Kier molecular flexibility index (Phi) is 8.75. The summed E-state index contributed by atoms with van der Waals surface area (Å²) in [5.74, 6) is 1.83. The molecule has 5 rings (SSSR count). The van der Waals surface area contributed by atoms with Crippen LogP contribution in [0.4, 0.5) is 0 Å². The van der Waals surface area contributed by atoms with Crippen LogP contribution in [0.15, 0.2) is 65.7 Å². The number of thioether (sulfide) groups is 2. The van der Waals surface area contributed by atoms with Crippen molar-refractivity contribution in [1.82, 2.24) is 9.78 Å². The number of carbonyl (C=O) groups excluding carboxylic acids is 1. The van der Waals surface area contributed by atoms with Gasteiger partial charge in [0.2, 0.25) is 0 Å². The van der Waals surface area contributed by atoms with Crippen molar-refractivity contribution in [2.45, 2.75) is 66.3 Å².